The van der Waals surface area contributed by atoms with Gasteiger partial charge in [0.2, 0.25) is 5.91 Å². The molecule has 3 rings (SSSR count). The lowest BCUT2D eigenvalue weighted by Gasteiger charge is -2.29. The van der Waals surface area contributed by atoms with Gasteiger partial charge in [0.15, 0.2) is 0 Å². The normalized spacial score (nSPS) is 13.8. The van der Waals surface area contributed by atoms with Gasteiger partial charge in [-0.25, -0.2) is 0 Å². The second-order valence-corrected chi connectivity index (χ2v) is 5.38. The quantitative estimate of drug-likeness (QED) is 0.832. The first-order chi connectivity index (χ1) is 10.1. The number of fused-ring (bicyclic) bond motifs is 1. The Balaban J connectivity index is 1.83. The van der Waals surface area contributed by atoms with E-state index in [1.54, 1.807) is 18.2 Å². The molecule has 108 valence electrons. The Morgan fingerprint density at radius 1 is 1.24 bits per heavy atom. The maximum absolute atomic E-state index is 12.5. The summed E-state index contributed by atoms with van der Waals surface area (Å²) in [5.74, 6) is 0.235. The molecular weight excluding hydrogens is 264 g/mol. The first-order valence-corrected chi connectivity index (χ1v) is 7.10. The van der Waals surface area contributed by atoms with E-state index < -0.39 is 0 Å². The van der Waals surface area contributed by atoms with Crippen LogP contribution in [0.2, 0.25) is 0 Å². The van der Waals surface area contributed by atoms with Crippen LogP contribution in [0.1, 0.15) is 17.5 Å². The first-order valence-electron chi connectivity index (χ1n) is 7.10. The van der Waals surface area contributed by atoms with Gasteiger partial charge in [-0.1, -0.05) is 12.1 Å². The smallest absolute Gasteiger partial charge is 0.231 e. The van der Waals surface area contributed by atoms with Crippen LogP contribution >= 0.6 is 0 Å². The molecule has 4 nitrogen and oxygen atoms in total. The number of nitrogens with two attached hydrogens (primary N) is 1. The molecule has 0 aromatic heterocycles. The van der Waals surface area contributed by atoms with E-state index >= 15 is 0 Å². The summed E-state index contributed by atoms with van der Waals surface area (Å²) in [5.41, 5.74) is 9.46. The predicted octanol–water partition coefficient (Wildman–Crippen LogP) is 2.50. The molecule has 0 aliphatic carbocycles. The number of aryl methyl sites for hydroxylation is 1. The van der Waals surface area contributed by atoms with Gasteiger partial charge in [0.05, 0.1) is 6.42 Å². The lowest BCUT2D eigenvalue weighted by molar-refractivity contribution is -0.118. The van der Waals surface area contributed by atoms with E-state index in [-0.39, 0.29) is 18.1 Å². The van der Waals surface area contributed by atoms with Crippen LogP contribution in [-0.2, 0) is 17.6 Å². The molecule has 0 spiro atoms. The predicted molar refractivity (Wildman–Crippen MR) is 83.3 cm³/mol. The molecule has 0 bridgehead atoms. The van der Waals surface area contributed by atoms with Crippen molar-refractivity contribution in [2.45, 2.75) is 19.3 Å². The number of rotatable bonds is 2. The highest BCUT2D eigenvalue weighted by atomic mass is 16.3. The number of hydrogen-bond acceptors (Lipinski definition) is 3. The summed E-state index contributed by atoms with van der Waals surface area (Å²) in [7, 11) is 0. The van der Waals surface area contributed by atoms with Gasteiger partial charge in [0, 0.05) is 17.9 Å². The average molecular weight is 282 g/mol. The maximum atomic E-state index is 12.5. The molecule has 1 heterocycles. The Morgan fingerprint density at radius 2 is 2.10 bits per heavy atom. The second kappa shape index (κ2) is 5.48. The number of carbonyl (C=O) groups is 1. The molecule has 0 fully saturated rings. The van der Waals surface area contributed by atoms with Crippen LogP contribution in [0.3, 0.4) is 0 Å². The standard InChI is InChI=1S/C17H18N2O2/c18-14-6-7-16-13(11-14)4-2-8-19(16)17(21)10-12-3-1-5-15(20)9-12/h1,3,5-7,9,11,20H,2,4,8,10,18H2. The van der Waals surface area contributed by atoms with Crippen molar-refractivity contribution in [3.8, 4) is 5.75 Å². The lowest BCUT2D eigenvalue weighted by atomic mass is 10.00. The number of anilines is 2. The van der Waals surface area contributed by atoms with Crippen molar-refractivity contribution < 1.29 is 9.90 Å². The largest absolute Gasteiger partial charge is 0.508 e. The molecule has 0 saturated carbocycles. The SMILES string of the molecule is Nc1ccc2c(c1)CCCN2C(=O)Cc1cccc(O)c1. The molecular formula is C17H18N2O2. The van der Waals surface area contributed by atoms with Crippen molar-refractivity contribution in [2.75, 3.05) is 17.2 Å². The van der Waals surface area contributed by atoms with E-state index in [4.69, 9.17) is 5.73 Å². The number of carbonyl (C=O) groups excluding carboxylic acids is 1. The van der Waals surface area contributed by atoms with Crippen molar-refractivity contribution in [1.82, 2.24) is 0 Å². The van der Waals surface area contributed by atoms with E-state index in [1.807, 2.05) is 29.2 Å². The summed E-state index contributed by atoms with van der Waals surface area (Å²) in [6.07, 6.45) is 2.19. The number of nitrogen functional groups attached to an aromatic ring is 1. The number of amides is 1. The minimum atomic E-state index is 0.0475. The van der Waals surface area contributed by atoms with Gasteiger partial charge in [-0.2, -0.15) is 0 Å². The van der Waals surface area contributed by atoms with Crippen molar-refractivity contribution >= 4 is 17.3 Å². The van der Waals surface area contributed by atoms with Gasteiger partial charge in [-0.05, 0) is 54.3 Å². The Morgan fingerprint density at radius 3 is 2.90 bits per heavy atom. The highest BCUT2D eigenvalue weighted by Gasteiger charge is 2.22. The van der Waals surface area contributed by atoms with Crippen molar-refractivity contribution in [3.63, 3.8) is 0 Å². The van der Waals surface area contributed by atoms with E-state index in [0.717, 1.165) is 41.9 Å². The molecule has 0 unspecified atom stereocenters. The molecule has 0 saturated heterocycles. The zero-order valence-electron chi connectivity index (χ0n) is 11.7. The van der Waals surface area contributed by atoms with Gasteiger partial charge >= 0.3 is 0 Å². The number of benzene rings is 2. The first kappa shape index (κ1) is 13.5. The Bertz CT molecular complexity index is 682. The van der Waals surface area contributed by atoms with Crippen LogP contribution in [0.15, 0.2) is 42.5 Å². The molecule has 3 N–H and O–H groups in total. The van der Waals surface area contributed by atoms with E-state index in [0.29, 0.717) is 0 Å². The van der Waals surface area contributed by atoms with Crippen LogP contribution in [0.25, 0.3) is 0 Å². The summed E-state index contributed by atoms with van der Waals surface area (Å²) in [6.45, 7) is 0.731. The third-order valence-electron chi connectivity index (χ3n) is 3.79. The van der Waals surface area contributed by atoms with E-state index in [1.165, 1.54) is 0 Å². The number of nitrogens with zero attached hydrogens (tertiary/aromatic N) is 1. The molecule has 1 amide bonds. The molecule has 2 aromatic carbocycles. The molecule has 4 heteroatoms. The lowest BCUT2D eigenvalue weighted by Crippen LogP contribution is -2.36. The van der Waals surface area contributed by atoms with Crippen molar-refractivity contribution in [2.24, 2.45) is 0 Å². The summed E-state index contributed by atoms with van der Waals surface area (Å²) in [4.78, 5) is 14.4. The van der Waals surface area contributed by atoms with Gasteiger partial charge in [0.25, 0.3) is 0 Å². The molecule has 21 heavy (non-hydrogen) atoms. The molecule has 1 aliphatic heterocycles. The summed E-state index contributed by atoms with van der Waals surface area (Å²) in [5, 5.41) is 9.49. The highest BCUT2D eigenvalue weighted by molar-refractivity contribution is 5.96. The highest BCUT2D eigenvalue weighted by Crippen LogP contribution is 2.29. The van der Waals surface area contributed by atoms with Gasteiger partial charge < -0.3 is 15.7 Å². The fraction of sp³-hybridized carbons (Fsp3) is 0.235. The summed E-state index contributed by atoms with van der Waals surface area (Å²) >= 11 is 0. The van der Waals surface area contributed by atoms with Crippen LogP contribution in [0.4, 0.5) is 11.4 Å². The minimum absolute atomic E-state index is 0.0475. The van der Waals surface area contributed by atoms with Gasteiger partial charge in [0.1, 0.15) is 5.75 Å². The Kier molecular flexibility index (Phi) is 3.52. The fourth-order valence-electron chi connectivity index (χ4n) is 2.81. The van der Waals surface area contributed by atoms with Crippen molar-refractivity contribution in [3.05, 3.63) is 53.6 Å². The van der Waals surface area contributed by atoms with Crippen molar-refractivity contribution in [1.29, 1.82) is 0 Å². The molecule has 2 aromatic rings. The topological polar surface area (TPSA) is 66.6 Å². The number of phenols is 1. The van der Waals surface area contributed by atoms with Gasteiger partial charge in [-0.3, -0.25) is 4.79 Å². The molecule has 1 aliphatic rings. The third-order valence-corrected chi connectivity index (χ3v) is 3.79. The van der Waals surface area contributed by atoms with E-state index in [9.17, 15) is 9.90 Å². The monoisotopic (exact) mass is 282 g/mol. The Hall–Kier alpha value is -2.49. The van der Waals surface area contributed by atoms with Crippen LogP contribution in [0.5, 0.6) is 5.75 Å². The van der Waals surface area contributed by atoms with E-state index in [2.05, 4.69) is 0 Å². The fourth-order valence-corrected chi connectivity index (χ4v) is 2.81. The van der Waals surface area contributed by atoms with Gasteiger partial charge in [-0.15, -0.1) is 0 Å². The average Bonchev–Trinajstić information content (AvgIpc) is 2.46. The molecule has 0 atom stereocenters. The summed E-state index contributed by atoms with van der Waals surface area (Å²) in [6, 6.07) is 12.5. The number of hydrogen-bond donors (Lipinski definition) is 2. The zero-order valence-corrected chi connectivity index (χ0v) is 11.7. The maximum Gasteiger partial charge on any atom is 0.231 e. The van der Waals surface area contributed by atoms with Crippen LogP contribution in [0, 0.1) is 0 Å². The molecule has 0 radical (unpaired) electrons. The minimum Gasteiger partial charge on any atom is -0.508 e. The summed E-state index contributed by atoms with van der Waals surface area (Å²) < 4.78 is 0. The second-order valence-electron chi connectivity index (χ2n) is 5.38. The number of phenolic OH excluding ortho intramolecular Hbond substituents is 1. The zero-order chi connectivity index (χ0) is 14.8. The van der Waals surface area contributed by atoms with Crippen LogP contribution < -0.4 is 10.6 Å². The Labute approximate surface area is 123 Å². The third kappa shape index (κ3) is 2.84. The number of aromatic hydroxyl groups is 1. The van der Waals surface area contributed by atoms with Crippen LogP contribution in [-0.4, -0.2) is 17.6 Å².